The third-order valence-electron chi connectivity index (χ3n) is 6.61. The summed E-state index contributed by atoms with van der Waals surface area (Å²) < 4.78 is 16.9. The number of amides is 1. The van der Waals surface area contributed by atoms with Gasteiger partial charge in [0.2, 0.25) is 0 Å². The number of Topliss-reactive ketones (excluding diaryl/α,β-unsaturated/α-hetero) is 1. The number of ether oxygens (including phenoxy) is 3. The van der Waals surface area contributed by atoms with Crippen molar-refractivity contribution in [3.8, 4) is 17.2 Å². The molecule has 2 heterocycles. The van der Waals surface area contributed by atoms with Gasteiger partial charge >= 0.3 is 11.9 Å². The molecule has 0 spiro atoms. The Morgan fingerprint density at radius 1 is 1.02 bits per heavy atom. The second-order valence-electron chi connectivity index (χ2n) is 10.1. The molecule has 1 aliphatic rings. The highest BCUT2D eigenvalue weighted by Crippen LogP contribution is 2.45. The smallest absolute Gasteiger partial charge is 0.350 e. The standard InChI is InChI=1S/C34H30N2O7S/c1-5-18-41-33(40)31-21(4)35-34(44-31)36-28(23-10-9-13-26(19-23)43-24-11-7-6-8-12-24)27(30(38)32(36)39)29(37)22-14-16-25(17-15-22)42-20(2)3/h5-17,19-20,28,37H,1,18H2,2-4H3/b29-27+. The molecular weight excluding hydrogens is 580 g/mol. The molecule has 5 rings (SSSR count). The topological polar surface area (TPSA) is 115 Å². The lowest BCUT2D eigenvalue weighted by atomic mass is 9.95. The summed E-state index contributed by atoms with van der Waals surface area (Å²) in [6, 6.07) is 21.6. The van der Waals surface area contributed by atoms with Crippen molar-refractivity contribution >= 4 is 39.9 Å². The number of carbonyl (C=O) groups is 3. The Balaban J connectivity index is 1.63. The maximum Gasteiger partial charge on any atom is 0.350 e. The van der Waals surface area contributed by atoms with E-state index in [0.29, 0.717) is 34.1 Å². The highest BCUT2D eigenvalue weighted by atomic mass is 32.1. The molecule has 9 nitrogen and oxygen atoms in total. The number of carbonyl (C=O) groups excluding carboxylic acids is 3. The number of aryl methyl sites for hydroxylation is 1. The van der Waals surface area contributed by atoms with E-state index >= 15 is 0 Å². The molecule has 1 saturated heterocycles. The molecule has 3 aromatic carbocycles. The first-order valence-corrected chi connectivity index (χ1v) is 14.7. The first-order valence-electron chi connectivity index (χ1n) is 13.8. The number of hydrogen-bond acceptors (Lipinski definition) is 9. The second-order valence-corrected chi connectivity index (χ2v) is 11.1. The van der Waals surface area contributed by atoms with Crippen molar-refractivity contribution < 1.29 is 33.7 Å². The van der Waals surface area contributed by atoms with Crippen LogP contribution in [0.2, 0.25) is 0 Å². The number of aromatic nitrogens is 1. The van der Waals surface area contributed by atoms with Crippen molar-refractivity contribution in [2.75, 3.05) is 11.5 Å². The van der Waals surface area contributed by atoms with Crippen molar-refractivity contribution in [1.82, 2.24) is 4.98 Å². The molecule has 224 valence electrons. The van der Waals surface area contributed by atoms with Gasteiger partial charge < -0.3 is 19.3 Å². The molecule has 1 fully saturated rings. The van der Waals surface area contributed by atoms with E-state index in [4.69, 9.17) is 14.2 Å². The summed E-state index contributed by atoms with van der Waals surface area (Å²) in [7, 11) is 0. The number of esters is 1. The lowest BCUT2D eigenvalue weighted by Gasteiger charge is -2.23. The lowest BCUT2D eigenvalue weighted by molar-refractivity contribution is -0.132. The zero-order valence-electron chi connectivity index (χ0n) is 24.4. The van der Waals surface area contributed by atoms with Crippen molar-refractivity contribution in [3.05, 3.63) is 119 Å². The minimum atomic E-state index is -1.08. The third kappa shape index (κ3) is 6.25. The van der Waals surface area contributed by atoms with Crippen LogP contribution in [0.15, 0.2) is 97.1 Å². The summed E-state index contributed by atoms with van der Waals surface area (Å²) in [5, 5.41) is 11.6. The number of benzene rings is 3. The molecule has 0 bridgehead atoms. The normalized spacial score (nSPS) is 15.8. The van der Waals surface area contributed by atoms with Crippen LogP contribution in [0.4, 0.5) is 5.13 Å². The van der Waals surface area contributed by atoms with Gasteiger partial charge in [-0.05, 0) is 74.9 Å². The first-order chi connectivity index (χ1) is 21.2. The van der Waals surface area contributed by atoms with E-state index in [1.54, 1.807) is 67.6 Å². The van der Waals surface area contributed by atoms with Gasteiger partial charge in [-0.1, -0.05) is 54.3 Å². The van der Waals surface area contributed by atoms with E-state index in [2.05, 4.69) is 11.6 Å². The number of hydrogen-bond donors (Lipinski definition) is 1. The predicted molar refractivity (Wildman–Crippen MR) is 167 cm³/mol. The SMILES string of the molecule is C=CCOC(=O)c1sc(N2C(=O)C(=O)/C(=C(/O)c3ccc(OC(C)C)cc3)C2c2cccc(Oc3ccccc3)c2)nc1C. The van der Waals surface area contributed by atoms with Gasteiger partial charge in [0, 0.05) is 5.56 Å². The minimum absolute atomic E-state index is 0.00518. The summed E-state index contributed by atoms with van der Waals surface area (Å²) >= 11 is 0.924. The number of anilines is 1. The zero-order chi connectivity index (χ0) is 31.4. The minimum Gasteiger partial charge on any atom is -0.507 e. The van der Waals surface area contributed by atoms with E-state index in [0.717, 1.165) is 11.3 Å². The average Bonchev–Trinajstić information content (AvgIpc) is 3.52. The molecule has 1 aliphatic heterocycles. The van der Waals surface area contributed by atoms with Gasteiger partial charge in [-0.15, -0.1) is 0 Å². The summed E-state index contributed by atoms with van der Waals surface area (Å²) in [6.07, 6.45) is 1.39. The van der Waals surface area contributed by atoms with Crippen LogP contribution in [0.1, 0.15) is 46.4 Å². The van der Waals surface area contributed by atoms with Gasteiger partial charge in [0.1, 0.15) is 34.5 Å². The maximum atomic E-state index is 13.7. The monoisotopic (exact) mass is 610 g/mol. The van der Waals surface area contributed by atoms with Crippen LogP contribution < -0.4 is 14.4 Å². The molecule has 0 radical (unpaired) electrons. The highest BCUT2D eigenvalue weighted by molar-refractivity contribution is 7.17. The number of ketones is 1. The molecule has 1 aromatic heterocycles. The van der Waals surface area contributed by atoms with Crippen molar-refractivity contribution in [2.24, 2.45) is 0 Å². The number of rotatable bonds is 10. The van der Waals surface area contributed by atoms with E-state index in [-0.39, 0.29) is 34.1 Å². The number of aliphatic hydroxyl groups excluding tert-OH is 1. The summed E-state index contributed by atoms with van der Waals surface area (Å²) in [4.78, 5) is 45.9. The Labute approximate surface area is 258 Å². The van der Waals surface area contributed by atoms with E-state index in [1.165, 1.54) is 11.0 Å². The molecule has 0 aliphatic carbocycles. The number of nitrogens with zero attached hydrogens (tertiary/aromatic N) is 2. The molecule has 10 heteroatoms. The lowest BCUT2D eigenvalue weighted by Crippen LogP contribution is -2.29. The summed E-state index contributed by atoms with van der Waals surface area (Å²) in [6.45, 7) is 8.97. The molecule has 4 aromatic rings. The van der Waals surface area contributed by atoms with Gasteiger partial charge in [0.25, 0.3) is 5.78 Å². The van der Waals surface area contributed by atoms with Gasteiger partial charge in [0.05, 0.1) is 23.4 Å². The molecule has 1 N–H and O–H groups in total. The van der Waals surface area contributed by atoms with Crippen LogP contribution in [-0.2, 0) is 14.3 Å². The van der Waals surface area contributed by atoms with Gasteiger partial charge in [-0.2, -0.15) is 0 Å². The van der Waals surface area contributed by atoms with E-state index in [1.807, 2.05) is 32.0 Å². The van der Waals surface area contributed by atoms with Crippen LogP contribution >= 0.6 is 11.3 Å². The fourth-order valence-electron chi connectivity index (χ4n) is 4.71. The Morgan fingerprint density at radius 2 is 1.73 bits per heavy atom. The zero-order valence-corrected chi connectivity index (χ0v) is 25.2. The van der Waals surface area contributed by atoms with Crippen LogP contribution in [0.25, 0.3) is 5.76 Å². The Hall–Kier alpha value is -5.22. The van der Waals surface area contributed by atoms with Crippen LogP contribution in [0.5, 0.6) is 17.2 Å². The Morgan fingerprint density at radius 3 is 2.41 bits per heavy atom. The molecule has 1 amide bonds. The van der Waals surface area contributed by atoms with Crippen molar-refractivity contribution in [2.45, 2.75) is 32.9 Å². The molecular formula is C34H30N2O7S. The van der Waals surface area contributed by atoms with Crippen LogP contribution in [0, 0.1) is 6.92 Å². The van der Waals surface area contributed by atoms with E-state index < -0.39 is 23.7 Å². The van der Waals surface area contributed by atoms with Crippen LogP contribution in [0.3, 0.4) is 0 Å². The molecule has 1 unspecified atom stereocenters. The fraction of sp³-hybridized carbons (Fsp3) is 0.176. The fourth-order valence-corrected chi connectivity index (χ4v) is 5.70. The van der Waals surface area contributed by atoms with Gasteiger partial charge in [0.15, 0.2) is 5.13 Å². The Kier molecular flexibility index (Phi) is 8.91. The maximum absolute atomic E-state index is 13.7. The van der Waals surface area contributed by atoms with Crippen LogP contribution in [-0.4, -0.2) is 40.5 Å². The Bertz CT molecular complexity index is 1740. The highest BCUT2D eigenvalue weighted by Gasteiger charge is 2.48. The average molecular weight is 611 g/mol. The summed E-state index contributed by atoms with van der Waals surface area (Å²) in [5.74, 6) is -1.13. The van der Waals surface area contributed by atoms with Crippen molar-refractivity contribution in [1.29, 1.82) is 0 Å². The number of para-hydroxylation sites is 1. The summed E-state index contributed by atoms with van der Waals surface area (Å²) in [5.41, 5.74) is 1.02. The first kappa shape index (κ1) is 30.2. The van der Waals surface area contributed by atoms with E-state index in [9.17, 15) is 19.5 Å². The molecule has 44 heavy (non-hydrogen) atoms. The van der Waals surface area contributed by atoms with Gasteiger partial charge in [-0.25, -0.2) is 9.78 Å². The quantitative estimate of drug-likeness (QED) is 0.0671. The molecule has 0 saturated carbocycles. The largest absolute Gasteiger partial charge is 0.507 e. The molecule has 1 atom stereocenters. The third-order valence-corrected chi connectivity index (χ3v) is 7.74. The number of thiazole rings is 1. The van der Waals surface area contributed by atoms with Gasteiger partial charge in [-0.3, -0.25) is 14.5 Å². The predicted octanol–water partition coefficient (Wildman–Crippen LogP) is 7.00. The number of aliphatic hydroxyl groups is 1. The van der Waals surface area contributed by atoms with Crippen molar-refractivity contribution in [3.63, 3.8) is 0 Å². The second kappa shape index (κ2) is 13.0.